The number of likely N-dealkylation sites (tertiary alicyclic amines) is 1. The number of aromatic nitrogens is 2. The number of hydrogen-bond donors (Lipinski definition) is 2. The summed E-state index contributed by atoms with van der Waals surface area (Å²) in [5, 5.41) is 0. The zero-order valence-electron chi connectivity index (χ0n) is 12.9. The molecule has 0 aromatic carbocycles. The second kappa shape index (κ2) is 6.50. The molecule has 1 atom stereocenters. The third-order valence-electron chi connectivity index (χ3n) is 4.28. The smallest absolute Gasteiger partial charge is 0.158 e. The molecule has 1 unspecified atom stereocenters. The van der Waals surface area contributed by atoms with E-state index in [2.05, 4.69) is 41.1 Å². The number of hydrazine groups is 1. The van der Waals surface area contributed by atoms with Crippen molar-refractivity contribution >= 4 is 5.82 Å². The minimum atomic E-state index is 0.421. The molecule has 0 aliphatic carbocycles. The highest BCUT2D eigenvalue weighted by Crippen LogP contribution is 2.34. The van der Waals surface area contributed by atoms with Gasteiger partial charge in [-0.1, -0.05) is 20.8 Å². The minimum Gasteiger partial charge on any atom is -0.307 e. The van der Waals surface area contributed by atoms with Crippen LogP contribution in [-0.2, 0) is 6.54 Å². The van der Waals surface area contributed by atoms with E-state index in [0.29, 0.717) is 11.2 Å². The number of hydrogen-bond acceptors (Lipinski definition) is 5. The maximum Gasteiger partial charge on any atom is 0.158 e. The topological polar surface area (TPSA) is 67.1 Å². The highest BCUT2D eigenvalue weighted by Gasteiger charge is 2.27. The predicted molar refractivity (Wildman–Crippen MR) is 81.9 cm³/mol. The second-order valence-electron chi connectivity index (χ2n) is 6.81. The molecule has 0 spiro atoms. The Morgan fingerprint density at radius 2 is 2.05 bits per heavy atom. The number of nitrogens with one attached hydrogen (secondary N) is 1. The first kappa shape index (κ1) is 15.2. The van der Waals surface area contributed by atoms with E-state index in [1.54, 1.807) is 12.4 Å². The van der Waals surface area contributed by atoms with Crippen LogP contribution in [0.4, 0.5) is 5.82 Å². The number of nitrogens with zero attached hydrogens (tertiary/aromatic N) is 3. The van der Waals surface area contributed by atoms with Crippen molar-refractivity contribution < 1.29 is 0 Å². The van der Waals surface area contributed by atoms with Gasteiger partial charge in [0, 0.05) is 6.54 Å². The van der Waals surface area contributed by atoms with Gasteiger partial charge in [-0.3, -0.25) is 9.88 Å². The van der Waals surface area contributed by atoms with Crippen LogP contribution >= 0.6 is 0 Å². The maximum atomic E-state index is 5.30. The average molecular weight is 277 g/mol. The lowest BCUT2D eigenvalue weighted by atomic mass is 9.77. The lowest BCUT2D eigenvalue weighted by molar-refractivity contribution is 0.206. The summed E-state index contributed by atoms with van der Waals surface area (Å²) >= 11 is 0. The Labute approximate surface area is 121 Å². The van der Waals surface area contributed by atoms with Gasteiger partial charge in [0.15, 0.2) is 5.82 Å². The van der Waals surface area contributed by atoms with Gasteiger partial charge < -0.3 is 5.43 Å². The first-order chi connectivity index (χ1) is 9.49. The third kappa shape index (κ3) is 4.15. The molecule has 1 saturated heterocycles. The Hall–Kier alpha value is -1.20. The van der Waals surface area contributed by atoms with E-state index in [-0.39, 0.29) is 0 Å². The molecule has 2 heterocycles. The van der Waals surface area contributed by atoms with Crippen LogP contribution in [0.3, 0.4) is 0 Å². The summed E-state index contributed by atoms with van der Waals surface area (Å²) in [6, 6.07) is 0. The van der Waals surface area contributed by atoms with Gasteiger partial charge in [-0.15, -0.1) is 0 Å². The predicted octanol–water partition coefficient (Wildman–Crippen LogP) is 2.41. The summed E-state index contributed by atoms with van der Waals surface area (Å²) in [4.78, 5) is 11.1. The van der Waals surface area contributed by atoms with Crippen molar-refractivity contribution in [3.63, 3.8) is 0 Å². The van der Waals surface area contributed by atoms with Gasteiger partial charge in [0.05, 0.1) is 18.1 Å². The minimum absolute atomic E-state index is 0.421. The molecular weight excluding hydrogens is 250 g/mol. The van der Waals surface area contributed by atoms with Crippen molar-refractivity contribution in [2.75, 3.05) is 18.5 Å². The Morgan fingerprint density at radius 1 is 1.25 bits per heavy atom. The van der Waals surface area contributed by atoms with E-state index in [1.165, 1.54) is 19.3 Å². The van der Waals surface area contributed by atoms with Crippen LogP contribution in [0, 0.1) is 11.3 Å². The molecule has 2 rings (SSSR count). The van der Waals surface area contributed by atoms with E-state index in [1.807, 2.05) is 0 Å². The highest BCUT2D eigenvalue weighted by molar-refractivity contribution is 5.28. The number of nitrogen functional groups attached to an aromatic ring is 1. The van der Waals surface area contributed by atoms with Crippen LogP contribution in [0.5, 0.6) is 0 Å². The van der Waals surface area contributed by atoms with Gasteiger partial charge in [0.2, 0.25) is 0 Å². The molecule has 3 N–H and O–H groups in total. The molecule has 20 heavy (non-hydrogen) atoms. The van der Waals surface area contributed by atoms with E-state index in [9.17, 15) is 0 Å². The number of anilines is 1. The van der Waals surface area contributed by atoms with Crippen molar-refractivity contribution in [3.8, 4) is 0 Å². The van der Waals surface area contributed by atoms with Crippen LogP contribution in [-0.4, -0.2) is 28.0 Å². The molecular formula is C15H27N5. The Bertz CT molecular complexity index is 409. The number of rotatable bonds is 3. The van der Waals surface area contributed by atoms with Gasteiger partial charge in [0.25, 0.3) is 0 Å². The fourth-order valence-electron chi connectivity index (χ4n) is 2.92. The first-order valence-corrected chi connectivity index (χ1v) is 7.49. The van der Waals surface area contributed by atoms with Gasteiger partial charge in [-0.05, 0) is 43.7 Å². The standard InChI is InChI=1S/C15H27N5/c1-15(2,3)12-5-4-7-20(8-6-12)11-13-9-18-14(19-16)10-17-13/h9-10,12H,4-8,11,16H2,1-3H3,(H,18,19). The largest absolute Gasteiger partial charge is 0.307 e. The first-order valence-electron chi connectivity index (χ1n) is 7.49. The zero-order chi connectivity index (χ0) is 14.6. The van der Waals surface area contributed by atoms with Crippen LogP contribution < -0.4 is 11.3 Å². The summed E-state index contributed by atoms with van der Waals surface area (Å²) in [5.41, 5.74) is 3.94. The molecule has 1 fully saturated rings. The summed E-state index contributed by atoms with van der Waals surface area (Å²) in [7, 11) is 0. The van der Waals surface area contributed by atoms with Crippen molar-refractivity contribution in [1.29, 1.82) is 0 Å². The lowest BCUT2D eigenvalue weighted by Gasteiger charge is -2.29. The maximum absolute atomic E-state index is 5.30. The van der Waals surface area contributed by atoms with Crippen LogP contribution in [0.1, 0.15) is 45.7 Å². The summed E-state index contributed by atoms with van der Waals surface area (Å²) in [6.45, 7) is 10.3. The molecule has 1 aliphatic heterocycles. The second-order valence-corrected chi connectivity index (χ2v) is 6.81. The third-order valence-corrected chi connectivity index (χ3v) is 4.28. The van der Waals surface area contributed by atoms with E-state index < -0.39 is 0 Å². The van der Waals surface area contributed by atoms with E-state index >= 15 is 0 Å². The Kier molecular flexibility index (Phi) is 4.94. The van der Waals surface area contributed by atoms with Gasteiger partial charge in [-0.2, -0.15) is 0 Å². The number of nitrogens with two attached hydrogens (primary N) is 1. The summed E-state index contributed by atoms with van der Waals surface area (Å²) in [6.07, 6.45) is 7.38. The van der Waals surface area contributed by atoms with Gasteiger partial charge >= 0.3 is 0 Å². The Morgan fingerprint density at radius 3 is 2.65 bits per heavy atom. The molecule has 112 valence electrons. The average Bonchev–Trinajstić information content (AvgIpc) is 2.65. The highest BCUT2D eigenvalue weighted by atomic mass is 15.3. The quantitative estimate of drug-likeness (QED) is 0.656. The van der Waals surface area contributed by atoms with E-state index in [0.717, 1.165) is 31.2 Å². The summed E-state index contributed by atoms with van der Waals surface area (Å²) < 4.78 is 0. The summed E-state index contributed by atoms with van der Waals surface area (Å²) in [5.74, 6) is 6.73. The molecule has 5 nitrogen and oxygen atoms in total. The van der Waals surface area contributed by atoms with Gasteiger partial charge in [-0.25, -0.2) is 10.8 Å². The SMILES string of the molecule is CC(C)(C)C1CCCN(Cc2cnc(NN)cn2)CC1. The molecule has 0 saturated carbocycles. The zero-order valence-corrected chi connectivity index (χ0v) is 12.9. The fraction of sp³-hybridized carbons (Fsp3) is 0.733. The lowest BCUT2D eigenvalue weighted by Crippen LogP contribution is -2.26. The molecule has 0 bridgehead atoms. The van der Waals surface area contributed by atoms with Crippen molar-refractivity contribution in [1.82, 2.24) is 14.9 Å². The normalized spacial score (nSPS) is 21.5. The van der Waals surface area contributed by atoms with Crippen molar-refractivity contribution in [2.45, 2.75) is 46.6 Å². The molecule has 1 aliphatic rings. The van der Waals surface area contributed by atoms with Crippen LogP contribution in [0.2, 0.25) is 0 Å². The van der Waals surface area contributed by atoms with Crippen molar-refractivity contribution in [2.24, 2.45) is 17.2 Å². The molecule has 1 aromatic rings. The van der Waals surface area contributed by atoms with Crippen LogP contribution in [0.25, 0.3) is 0 Å². The van der Waals surface area contributed by atoms with Crippen LogP contribution in [0.15, 0.2) is 12.4 Å². The molecule has 1 aromatic heterocycles. The molecule has 0 radical (unpaired) electrons. The van der Waals surface area contributed by atoms with Gasteiger partial charge in [0.1, 0.15) is 0 Å². The van der Waals surface area contributed by atoms with E-state index in [4.69, 9.17) is 5.84 Å². The Balaban J connectivity index is 1.90. The fourth-order valence-corrected chi connectivity index (χ4v) is 2.92. The monoisotopic (exact) mass is 277 g/mol. The molecule has 5 heteroatoms. The molecule has 0 amide bonds. The van der Waals surface area contributed by atoms with Crippen molar-refractivity contribution in [3.05, 3.63) is 18.1 Å².